The Morgan fingerprint density at radius 1 is 1.06 bits per heavy atom. The second-order valence-corrected chi connectivity index (χ2v) is 15.8. The number of nitrogens with one attached hydrogen (secondary N) is 1. The van der Waals surface area contributed by atoms with E-state index < -0.39 is 57.9 Å². The van der Waals surface area contributed by atoms with Gasteiger partial charge in [-0.3, -0.25) is 14.5 Å². The zero-order valence-electron chi connectivity index (χ0n) is 29.8. The number of hydrogen-bond acceptors (Lipinski definition) is 11. The standard InChI is InChI=1S/C37H52N2O11/c1-7-39-17-34(18-50-32(43)20-10-8-9-11-23(20)38-31(42)19(2)14-26(40)41)13-12-25(47-4)36-22-15-21-24(46-3)16-35(44,27(22)28(21)48-5)37(45,33(36)39)30(49-6)29(34)36/h8-11,19,21-22,24-25,27-30,33,44-45H,7,12-18H2,1-6H3,(H,38,42)(H,40,41). The summed E-state index contributed by atoms with van der Waals surface area (Å²) in [7, 11) is 6.66. The monoisotopic (exact) mass is 700 g/mol. The normalized spacial score (nSPS) is 44.4. The molecule has 1 amide bonds. The number of carboxylic acids is 1. The van der Waals surface area contributed by atoms with Crippen molar-refractivity contribution in [2.75, 3.05) is 53.5 Å². The molecule has 6 fully saturated rings. The average molecular weight is 701 g/mol. The van der Waals surface area contributed by atoms with E-state index in [1.54, 1.807) is 52.7 Å². The highest BCUT2D eigenvalue weighted by molar-refractivity contribution is 6.02. The summed E-state index contributed by atoms with van der Waals surface area (Å²) >= 11 is 0. The molecule has 1 spiro atoms. The van der Waals surface area contributed by atoms with E-state index in [1.165, 1.54) is 6.92 Å². The molecule has 4 N–H and O–H groups in total. The maximum absolute atomic E-state index is 13.9. The van der Waals surface area contributed by atoms with Gasteiger partial charge in [-0.05, 0) is 43.9 Å². The molecular formula is C37H52N2O11. The number of benzene rings is 1. The van der Waals surface area contributed by atoms with Gasteiger partial charge in [-0.25, -0.2) is 4.79 Å². The number of amides is 1. The fourth-order valence-electron chi connectivity index (χ4n) is 12.7. The molecule has 276 valence electrons. The number of rotatable bonds is 12. The summed E-state index contributed by atoms with van der Waals surface area (Å²) in [6.45, 7) is 4.72. The van der Waals surface area contributed by atoms with Crippen LogP contribution in [0.2, 0.25) is 0 Å². The Labute approximate surface area is 292 Å². The van der Waals surface area contributed by atoms with Gasteiger partial charge >= 0.3 is 11.9 Å². The summed E-state index contributed by atoms with van der Waals surface area (Å²) in [5, 5.41) is 38.4. The SMILES string of the molecule is CCN1CC2(COC(=O)c3ccccc3NC(=O)C(C)CC(=O)O)CCC(OC)C34C5CC6C(OC)CC(O)(C5C6OC)C(O)(C(OC)C23)C14. The second-order valence-electron chi connectivity index (χ2n) is 15.8. The molecule has 0 aromatic heterocycles. The highest BCUT2D eigenvalue weighted by Crippen LogP contribution is 2.80. The fourth-order valence-corrected chi connectivity index (χ4v) is 12.7. The van der Waals surface area contributed by atoms with Crippen LogP contribution in [0.3, 0.4) is 0 Å². The fraction of sp³-hybridized carbons (Fsp3) is 0.757. The number of para-hydroxylation sites is 1. The smallest absolute Gasteiger partial charge is 0.340 e. The third kappa shape index (κ3) is 4.46. The zero-order chi connectivity index (χ0) is 36.0. The van der Waals surface area contributed by atoms with Crippen molar-refractivity contribution < 1.29 is 53.4 Å². The number of anilines is 1. The number of esters is 1. The van der Waals surface area contributed by atoms with Crippen molar-refractivity contribution in [2.45, 2.75) is 87.6 Å². The molecule has 7 bridgehead atoms. The molecule has 13 nitrogen and oxygen atoms in total. The third-order valence-corrected chi connectivity index (χ3v) is 14.1. The molecule has 13 heteroatoms. The van der Waals surface area contributed by atoms with E-state index >= 15 is 0 Å². The van der Waals surface area contributed by atoms with Crippen molar-refractivity contribution in [3.63, 3.8) is 0 Å². The minimum absolute atomic E-state index is 0.0270. The molecule has 1 aromatic rings. The molecule has 5 aliphatic carbocycles. The van der Waals surface area contributed by atoms with Crippen LogP contribution in [0.15, 0.2) is 24.3 Å². The van der Waals surface area contributed by atoms with E-state index in [1.807, 2.05) is 0 Å². The summed E-state index contributed by atoms with van der Waals surface area (Å²) in [5.41, 5.74) is -4.20. The number of carbonyl (C=O) groups excluding carboxylic acids is 2. The van der Waals surface area contributed by atoms with Crippen molar-refractivity contribution in [1.82, 2.24) is 4.90 Å². The Bertz CT molecular complexity index is 1530. The number of piperidine rings is 1. The second kappa shape index (κ2) is 12.5. The lowest BCUT2D eigenvalue weighted by Gasteiger charge is -2.70. The summed E-state index contributed by atoms with van der Waals surface area (Å²) < 4.78 is 31.3. The van der Waals surface area contributed by atoms with Crippen LogP contribution < -0.4 is 5.32 Å². The Hall–Kier alpha value is -2.65. The first-order valence-electron chi connectivity index (χ1n) is 17.9. The Kier molecular flexibility index (Phi) is 8.93. The molecule has 6 aliphatic rings. The number of aliphatic carboxylic acids is 1. The van der Waals surface area contributed by atoms with Gasteiger partial charge in [-0.15, -0.1) is 0 Å². The van der Waals surface area contributed by atoms with Crippen LogP contribution in [0, 0.1) is 40.4 Å². The van der Waals surface area contributed by atoms with Crippen molar-refractivity contribution >= 4 is 23.5 Å². The summed E-state index contributed by atoms with van der Waals surface area (Å²) in [4.78, 5) is 40.2. The van der Waals surface area contributed by atoms with E-state index in [4.69, 9.17) is 28.8 Å². The lowest BCUT2D eigenvalue weighted by molar-refractivity contribution is -0.320. The highest BCUT2D eigenvalue weighted by Gasteiger charge is 2.91. The molecule has 1 saturated heterocycles. The Morgan fingerprint density at radius 3 is 2.44 bits per heavy atom. The third-order valence-electron chi connectivity index (χ3n) is 14.1. The number of hydrogen-bond donors (Lipinski definition) is 4. The summed E-state index contributed by atoms with van der Waals surface area (Å²) in [5.74, 6) is -3.79. The van der Waals surface area contributed by atoms with Gasteiger partial charge in [0.25, 0.3) is 0 Å². The van der Waals surface area contributed by atoms with Crippen LogP contribution in [0.25, 0.3) is 0 Å². The van der Waals surface area contributed by atoms with Gasteiger partial charge in [-0.2, -0.15) is 0 Å². The van der Waals surface area contributed by atoms with Gasteiger partial charge in [0.2, 0.25) is 5.91 Å². The number of carboxylic acid groups (broad SMARTS) is 1. The molecule has 50 heavy (non-hydrogen) atoms. The quantitative estimate of drug-likeness (QED) is 0.235. The molecule has 7 rings (SSSR count). The largest absolute Gasteiger partial charge is 0.481 e. The van der Waals surface area contributed by atoms with Gasteiger partial charge in [0.15, 0.2) is 0 Å². The number of carbonyl (C=O) groups is 3. The first-order chi connectivity index (χ1) is 23.8. The first-order valence-corrected chi connectivity index (χ1v) is 17.9. The topological polar surface area (TPSA) is 173 Å². The molecular weight excluding hydrogens is 648 g/mol. The van der Waals surface area contributed by atoms with E-state index in [0.717, 1.165) is 6.42 Å². The average Bonchev–Trinajstić information content (AvgIpc) is 3.52. The maximum atomic E-state index is 13.9. The van der Waals surface area contributed by atoms with E-state index in [9.17, 15) is 24.6 Å². The minimum atomic E-state index is -1.71. The van der Waals surface area contributed by atoms with Crippen molar-refractivity contribution in [3.05, 3.63) is 29.8 Å². The highest BCUT2D eigenvalue weighted by atomic mass is 16.5. The number of aliphatic hydroxyl groups is 2. The summed E-state index contributed by atoms with van der Waals surface area (Å²) in [6, 6.07) is 6.05. The lowest BCUT2D eigenvalue weighted by atomic mass is 9.42. The first kappa shape index (κ1) is 35.7. The molecule has 1 aliphatic heterocycles. The van der Waals surface area contributed by atoms with Crippen LogP contribution in [0.4, 0.5) is 5.69 Å². The zero-order valence-corrected chi connectivity index (χ0v) is 29.8. The van der Waals surface area contributed by atoms with E-state index in [0.29, 0.717) is 25.9 Å². The number of methoxy groups -OCH3 is 4. The number of fused-ring (bicyclic) bond motifs is 2. The van der Waals surface area contributed by atoms with Gasteiger partial charge in [0.1, 0.15) is 11.2 Å². The van der Waals surface area contributed by atoms with Gasteiger partial charge in [0.05, 0.1) is 54.7 Å². The Morgan fingerprint density at radius 2 is 1.80 bits per heavy atom. The number of nitrogens with zero attached hydrogens (tertiary/aromatic N) is 1. The Balaban J connectivity index is 1.29. The van der Waals surface area contributed by atoms with Crippen LogP contribution in [-0.2, 0) is 33.3 Å². The molecule has 14 unspecified atom stereocenters. The summed E-state index contributed by atoms with van der Waals surface area (Å²) in [6.07, 6.45) is 0.295. The minimum Gasteiger partial charge on any atom is -0.481 e. The molecule has 5 saturated carbocycles. The predicted molar refractivity (Wildman–Crippen MR) is 178 cm³/mol. The van der Waals surface area contributed by atoms with Crippen molar-refractivity contribution in [3.8, 4) is 0 Å². The van der Waals surface area contributed by atoms with Crippen LogP contribution in [0.5, 0.6) is 0 Å². The van der Waals surface area contributed by atoms with E-state index in [-0.39, 0.29) is 72.7 Å². The van der Waals surface area contributed by atoms with Crippen molar-refractivity contribution in [2.24, 2.45) is 40.4 Å². The van der Waals surface area contributed by atoms with Gasteiger partial charge in [-0.1, -0.05) is 26.0 Å². The molecule has 14 atom stereocenters. The van der Waals surface area contributed by atoms with Gasteiger partial charge in [0, 0.05) is 75.9 Å². The number of likely N-dealkylation sites (N-methyl/N-ethyl adjacent to an activating group) is 1. The number of ether oxygens (including phenoxy) is 5. The van der Waals surface area contributed by atoms with Crippen molar-refractivity contribution in [1.29, 1.82) is 0 Å². The maximum Gasteiger partial charge on any atom is 0.340 e. The number of likely N-dealkylation sites (tertiary alicyclic amines) is 1. The molecule has 1 heterocycles. The van der Waals surface area contributed by atoms with Crippen LogP contribution in [-0.4, -0.2) is 128 Å². The van der Waals surface area contributed by atoms with E-state index in [2.05, 4.69) is 17.1 Å². The van der Waals surface area contributed by atoms with Gasteiger partial charge < -0.3 is 44.3 Å². The molecule has 0 radical (unpaired) electrons. The lowest BCUT2D eigenvalue weighted by Crippen LogP contribution is -2.82. The van der Waals surface area contributed by atoms with Crippen LogP contribution in [0.1, 0.15) is 56.3 Å². The predicted octanol–water partition coefficient (Wildman–Crippen LogP) is 2.19. The van der Waals surface area contributed by atoms with Crippen LogP contribution >= 0.6 is 0 Å². The molecule has 1 aromatic carbocycles.